The van der Waals surface area contributed by atoms with E-state index in [1.165, 1.54) is 4.68 Å². The van der Waals surface area contributed by atoms with Gasteiger partial charge in [0.05, 0.1) is 32.0 Å². The molecule has 2 rings (SSSR count). The molecule has 20 heavy (non-hydrogen) atoms. The molecule has 0 fully saturated rings. The molecule has 2 N–H and O–H groups in total. The molecule has 0 spiro atoms. The average molecular weight is 280 g/mol. The average Bonchev–Trinajstić information content (AvgIpc) is 2.88. The van der Waals surface area contributed by atoms with Crippen LogP contribution in [0.15, 0.2) is 30.5 Å². The van der Waals surface area contributed by atoms with Crippen LogP contribution in [-0.4, -0.2) is 31.5 Å². The monoisotopic (exact) mass is 280 g/mol. The summed E-state index contributed by atoms with van der Waals surface area (Å²) in [5.41, 5.74) is 7.58. The van der Waals surface area contributed by atoms with Gasteiger partial charge in [0.1, 0.15) is 6.07 Å². The van der Waals surface area contributed by atoms with Crippen LogP contribution >= 0.6 is 11.6 Å². The van der Waals surface area contributed by atoms with Gasteiger partial charge in [0.15, 0.2) is 0 Å². The lowest BCUT2D eigenvalue weighted by Gasteiger charge is -2.30. The zero-order valence-corrected chi connectivity index (χ0v) is 11.7. The molecule has 1 aromatic heterocycles. The molecule has 0 bridgehead atoms. The van der Waals surface area contributed by atoms with E-state index >= 15 is 0 Å². The van der Waals surface area contributed by atoms with Crippen molar-refractivity contribution in [1.29, 1.82) is 5.26 Å². The van der Waals surface area contributed by atoms with Gasteiger partial charge in [-0.1, -0.05) is 17.7 Å². The number of hydrogen-bond acceptors (Lipinski definition) is 3. The lowest BCUT2D eigenvalue weighted by molar-refractivity contribution is 0.457. The molecule has 0 amide bonds. The van der Waals surface area contributed by atoms with Gasteiger partial charge >= 0.3 is 0 Å². The van der Waals surface area contributed by atoms with E-state index in [9.17, 15) is 0 Å². The maximum Gasteiger partial charge on any atom is 0.101 e. The van der Waals surface area contributed by atoms with Crippen molar-refractivity contribution in [2.45, 2.75) is 18.3 Å². The number of nitrogens with zero attached hydrogens (tertiary/aromatic N) is 3. The van der Waals surface area contributed by atoms with Gasteiger partial charge < -0.3 is 5.73 Å². The molecular weight excluding hydrogens is 269 g/mol. The van der Waals surface area contributed by atoms with Crippen LogP contribution in [0.5, 0.6) is 0 Å². The summed E-state index contributed by atoms with van der Waals surface area (Å²) in [4.78, 5) is 0. The third-order valence-corrected chi connectivity index (χ3v) is 3.41. The Morgan fingerprint density at radius 1 is 1.45 bits per heavy atom. The highest BCUT2D eigenvalue weighted by Gasteiger charge is 2.24. The van der Waals surface area contributed by atoms with Crippen LogP contribution < -0.4 is 5.73 Å². The third-order valence-electron chi connectivity index (χ3n) is 3.10. The topological polar surface area (TPSA) is 67.6 Å². The number of hydrogen-bond donors (Lipinski definition) is 1. The van der Waals surface area contributed by atoms with Crippen LogP contribution in [-0.2, 0) is 5.34 Å². The lowest BCUT2D eigenvalue weighted by atomic mass is 9.58. The Morgan fingerprint density at radius 2 is 2.15 bits per heavy atom. The van der Waals surface area contributed by atoms with Crippen molar-refractivity contribution in [2.75, 3.05) is 0 Å². The first-order valence-electron chi connectivity index (χ1n) is 5.95. The summed E-state index contributed by atoms with van der Waals surface area (Å²) in [5.74, 6) is 0. The summed E-state index contributed by atoms with van der Waals surface area (Å²) in [6.07, 6.45) is 1.66. The van der Waals surface area contributed by atoms with Crippen LogP contribution in [0.1, 0.15) is 12.5 Å². The summed E-state index contributed by atoms with van der Waals surface area (Å²) in [6, 6.07) is 8.37. The second-order valence-electron chi connectivity index (χ2n) is 4.63. The van der Waals surface area contributed by atoms with E-state index in [1.807, 2.05) is 6.07 Å². The number of nitrogens with two attached hydrogens (primary N) is 1. The zero-order chi connectivity index (χ0) is 14.9. The fraction of sp³-hybridized carbons (Fsp3) is 0.231. The number of benzene rings is 1. The largest absolute Gasteiger partial charge is 0.327 e. The Kier molecular flexibility index (Phi) is 3.94. The predicted molar refractivity (Wildman–Crippen MR) is 80.5 cm³/mol. The van der Waals surface area contributed by atoms with Crippen molar-refractivity contribution >= 4 is 27.3 Å². The molecule has 0 unspecified atom stereocenters. The van der Waals surface area contributed by atoms with E-state index in [2.05, 4.69) is 5.10 Å². The number of aromatic nitrogens is 2. The van der Waals surface area contributed by atoms with Crippen molar-refractivity contribution in [1.82, 2.24) is 9.78 Å². The van der Waals surface area contributed by atoms with Crippen LogP contribution in [0, 0.1) is 11.3 Å². The molecular formula is C13H11B2ClN4. The molecule has 0 aliphatic carbocycles. The zero-order valence-electron chi connectivity index (χ0n) is 10.9. The fourth-order valence-electron chi connectivity index (χ4n) is 1.67. The minimum atomic E-state index is -1.27. The molecule has 0 aliphatic heterocycles. The van der Waals surface area contributed by atoms with Crippen molar-refractivity contribution in [3.63, 3.8) is 0 Å². The van der Waals surface area contributed by atoms with E-state index in [4.69, 9.17) is 38.3 Å². The van der Waals surface area contributed by atoms with Gasteiger partial charge in [0, 0.05) is 23.1 Å². The van der Waals surface area contributed by atoms with E-state index in [1.54, 1.807) is 37.4 Å². The van der Waals surface area contributed by atoms with E-state index < -0.39 is 11.4 Å². The number of nitriles is 1. The number of halogens is 1. The Morgan fingerprint density at radius 3 is 2.70 bits per heavy atom. The minimum absolute atomic E-state index is 0.374. The second-order valence-corrected chi connectivity index (χ2v) is 5.04. The van der Waals surface area contributed by atoms with Gasteiger partial charge in [-0.2, -0.15) is 10.4 Å². The highest BCUT2D eigenvalue weighted by molar-refractivity contribution is 6.38. The standard InChI is InChI=1S/C13H11B2ClN4/c1-8(18)13(14,15)20-5-4-12(19-20)9-2-3-10(7-17)11(16)6-9/h2-6,8H,18H2,1H3/t8-/m0/s1. The highest BCUT2D eigenvalue weighted by Crippen LogP contribution is 2.25. The molecule has 1 aromatic carbocycles. The Hall–Kier alpha value is -1.70. The maximum atomic E-state index is 8.85. The first kappa shape index (κ1) is 14.7. The minimum Gasteiger partial charge on any atom is -0.327 e. The molecule has 0 saturated heterocycles. The van der Waals surface area contributed by atoms with Crippen molar-refractivity contribution in [2.24, 2.45) is 5.73 Å². The Bertz CT molecular complexity index is 673. The summed E-state index contributed by atoms with van der Waals surface area (Å²) < 4.78 is 1.42. The predicted octanol–water partition coefficient (Wildman–Crippen LogP) is 1.37. The first-order chi connectivity index (χ1) is 9.36. The molecule has 0 aliphatic rings. The molecule has 4 radical (unpaired) electrons. The van der Waals surface area contributed by atoms with Gasteiger partial charge in [0.25, 0.3) is 0 Å². The summed E-state index contributed by atoms with van der Waals surface area (Å²) >= 11 is 6.00. The van der Waals surface area contributed by atoms with Crippen LogP contribution in [0.3, 0.4) is 0 Å². The smallest absolute Gasteiger partial charge is 0.101 e. The second kappa shape index (κ2) is 5.35. The van der Waals surface area contributed by atoms with Crippen LogP contribution in [0.25, 0.3) is 11.3 Å². The molecule has 1 atom stereocenters. The summed E-state index contributed by atoms with van der Waals surface area (Å²) in [5, 5.41) is 12.3. The molecule has 2 aromatic rings. The van der Waals surface area contributed by atoms with Gasteiger partial charge in [-0.05, 0) is 25.1 Å². The van der Waals surface area contributed by atoms with Crippen molar-refractivity contribution in [3.8, 4) is 17.3 Å². The first-order valence-corrected chi connectivity index (χ1v) is 6.33. The third kappa shape index (κ3) is 2.60. The molecule has 1 heterocycles. The highest BCUT2D eigenvalue weighted by atomic mass is 35.5. The van der Waals surface area contributed by atoms with Gasteiger partial charge in [-0.3, -0.25) is 4.68 Å². The van der Waals surface area contributed by atoms with E-state index in [0.717, 1.165) is 5.56 Å². The normalized spacial score (nSPS) is 12.9. The maximum absolute atomic E-state index is 8.85. The summed E-state index contributed by atoms with van der Waals surface area (Å²) in [7, 11) is 11.9. The molecule has 4 nitrogen and oxygen atoms in total. The van der Waals surface area contributed by atoms with E-state index in [-0.39, 0.29) is 0 Å². The van der Waals surface area contributed by atoms with Gasteiger partial charge in [-0.25, -0.2) is 0 Å². The molecule has 96 valence electrons. The Balaban J connectivity index is 2.39. The van der Waals surface area contributed by atoms with E-state index in [0.29, 0.717) is 16.3 Å². The van der Waals surface area contributed by atoms with Crippen LogP contribution in [0.2, 0.25) is 5.02 Å². The molecule has 7 heteroatoms. The Labute approximate surface area is 125 Å². The SMILES string of the molecule is [B]C([B])([C@H](C)N)n1ccc(-c2ccc(C#N)c(Cl)c2)n1. The van der Waals surface area contributed by atoms with Crippen molar-refractivity contribution in [3.05, 3.63) is 41.0 Å². The number of rotatable bonds is 3. The van der Waals surface area contributed by atoms with Crippen molar-refractivity contribution < 1.29 is 0 Å². The lowest BCUT2D eigenvalue weighted by Crippen LogP contribution is -2.49. The quantitative estimate of drug-likeness (QED) is 0.863. The van der Waals surface area contributed by atoms with Gasteiger partial charge in [0.2, 0.25) is 0 Å². The summed E-state index contributed by atoms with van der Waals surface area (Å²) in [6.45, 7) is 1.71. The van der Waals surface area contributed by atoms with Gasteiger partial charge in [-0.15, -0.1) is 0 Å². The van der Waals surface area contributed by atoms with Crippen LogP contribution in [0.4, 0.5) is 0 Å². The molecule has 0 saturated carbocycles. The fourth-order valence-corrected chi connectivity index (χ4v) is 1.89.